The van der Waals surface area contributed by atoms with Crippen molar-refractivity contribution in [3.05, 3.63) is 29.8 Å². The third-order valence-electron chi connectivity index (χ3n) is 2.39. The van der Waals surface area contributed by atoms with E-state index in [4.69, 9.17) is 17.0 Å². The largest absolute Gasteiger partial charge is 0.450 e. The van der Waals surface area contributed by atoms with Crippen LogP contribution in [0.15, 0.2) is 24.3 Å². The van der Waals surface area contributed by atoms with Crippen LogP contribution in [0.2, 0.25) is 0 Å². The summed E-state index contributed by atoms with van der Waals surface area (Å²) in [5.41, 5.74) is 2.13. The van der Waals surface area contributed by atoms with Gasteiger partial charge >= 0.3 is 6.09 Å². The molecule has 0 unspecified atom stereocenters. The van der Waals surface area contributed by atoms with Gasteiger partial charge in [0.2, 0.25) is 0 Å². The standard InChI is InChI=1S/C13H18N2O2S/c1-4-15(11-8-6-10(3)7-9-11)12(18)14-13(16)17-5-2/h6-9H,4-5H2,1-3H3,(H,14,16,18). The number of amides is 1. The highest BCUT2D eigenvalue weighted by atomic mass is 32.1. The average molecular weight is 266 g/mol. The summed E-state index contributed by atoms with van der Waals surface area (Å²) in [5.74, 6) is 0. The summed E-state index contributed by atoms with van der Waals surface area (Å²) in [6.07, 6.45) is -0.520. The quantitative estimate of drug-likeness (QED) is 0.854. The molecule has 0 aromatic heterocycles. The van der Waals surface area contributed by atoms with Crippen molar-refractivity contribution in [3.63, 3.8) is 0 Å². The molecule has 0 bridgehead atoms. The summed E-state index contributed by atoms with van der Waals surface area (Å²) in [5, 5.41) is 2.89. The van der Waals surface area contributed by atoms with E-state index in [2.05, 4.69) is 5.32 Å². The van der Waals surface area contributed by atoms with E-state index in [9.17, 15) is 4.79 Å². The van der Waals surface area contributed by atoms with Crippen LogP contribution < -0.4 is 10.2 Å². The second kappa shape index (κ2) is 6.96. The molecule has 4 nitrogen and oxygen atoms in total. The minimum atomic E-state index is -0.520. The summed E-state index contributed by atoms with van der Waals surface area (Å²) >= 11 is 5.19. The number of ether oxygens (including phenoxy) is 1. The van der Waals surface area contributed by atoms with Crippen molar-refractivity contribution in [1.82, 2.24) is 5.32 Å². The van der Waals surface area contributed by atoms with Gasteiger partial charge in [0.05, 0.1) is 6.61 Å². The molecular formula is C13H18N2O2S. The Morgan fingerprint density at radius 1 is 1.33 bits per heavy atom. The van der Waals surface area contributed by atoms with Crippen LogP contribution in [-0.2, 0) is 4.74 Å². The monoisotopic (exact) mass is 266 g/mol. The maximum Gasteiger partial charge on any atom is 0.413 e. The first kappa shape index (κ1) is 14.4. The van der Waals surface area contributed by atoms with E-state index in [1.807, 2.05) is 43.0 Å². The van der Waals surface area contributed by atoms with Crippen molar-refractivity contribution in [2.24, 2.45) is 0 Å². The van der Waals surface area contributed by atoms with E-state index >= 15 is 0 Å². The number of carbonyl (C=O) groups is 1. The number of benzene rings is 1. The molecule has 0 aliphatic heterocycles. The number of aryl methyl sites for hydroxylation is 1. The lowest BCUT2D eigenvalue weighted by molar-refractivity contribution is 0.158. The number of anilines is 1. The summed E-state index contributed by atoms with van der Waals surface area (Å²) in [6, 6.07) is 7.95. The number of nitrogens with one attached hydrogen (secondary N) is 1. The summed E-state index contributed by atoms with van der Waals surface area (Å²) in [6.45, 7) is 6.74. The van der Waals surface area contributed by atoms with Crippen LogP contribution >= 0.6 is 12.2 Å². The van der Waals surface area contributed by atoms with E-state index in [1.165, 1.54) is 5.56 Å². The van der Waals surface area contributed by atoms with Crippen molar-refractivity contribution in [2.75, 3.05) is 18.1 Å². The van der Waals surface area contributed by atoms with E-state index < -0.39 is 6.09 Å². The van der Waals surface area contributed by atoms with Crippen LogP contribution in [0.25, 0.3) is 0 Å². The third kappa shape index (κ3) is 4.00. The first-order chi connectivity index (χ1) is 8.58. The molecule has 0 saturated heterocycles. The zero-order valence-corrected chi connectivity index (χ0v) is 11.7. The molecule has 1 amide bonds. The molecule has 0 spiro atoms. The molecule has 1 aromatic rings. The van der Waals surface area contributed by atoms with Gasteiger partial charge in [-0.15, -0.1) is 0 Å². The number of rotatable bonds is 3. The van der Waals surface area contributed by atoms with Gasteiger partial charge in [0.15, 0.2) is 5.11 Å². The number of hydrogen-bond donors (Lipinski definition) is 1. The van der Waals surface area contributed by atoms with E-state index in [1.54, 1.807) is 6.92 Å². The van der Waals surface area contributed by atoms with E-state index in [0.29, 0.717) is 18.3 Å². The topological polar surface area (TPSA) is 41.6 Å². The fraction of sp³-hybridized carbons (Fsp3) is 0.385. The molecule has 98 valence electrons. The van der Waals surface area contributed by atoms with Crippen molar-refractivity contribution in [1.29, 1.82) is 0 Å². The van der Waals surface area contributed by atoms with E-state index in [0.717, 1.165) is 5.69 Å². The Labute approximate surface area is 113 Å². The molecule has 0 aliphatic rings. The molecule has 0 aliphatic carbocycles. The number of hydrogen-bond acceptors (Lipinski definition) is 3. The number of alkyl carbamates (subject to hydrolysis) is 1. The first-order valence-electron chi connectivity index (χ1n) is 5.90. The van der Waals surface area contributed by atoms with Crippen molar-refractivity contribution in [3.8, 4) is 0 Å². The van der Waals surface area contributed by atoms with Gasteiger partial charge in [-0.2, -0.15) is 0 Å². The van der Waals surface area contributed by atoms with Gasteiger partial charge in [0.1, 0.15) is 0 Å². The van der Waals surface area contributed by atoms with Gasteiger partial charge in [-0.05, 0) is 45.1 Å². The Kier molecular flexibility index (Phi) is 5.58. The molecule has 1 rings (SSSR count). The highest BCUT2D eigenvalue weighted by molar-refractivity contribution is 7.80. The number of nitrogens with zero attached hydrogens (tertiary/aromatic N) is 1. The Morgan fingerprint density at radius 2 is 1.94 bits per heavy atom. The molecule has 1 aromatic carbocycles. The molecule has 1 N–H and O–H groups in total. The minimum absolute atomic E-state index is 0.325. The lowest BCUT2D eigenvalue weighted by Crippen LogP contribution is -2.43. The van der Waals surface area contributed by atoms with Gasteiger partial charge in [0.25, 0.3) is 0 Å². The smallest absolute Gasteiger partial charge is 0.413 e. The summed E-state index contributed by atoms with van der Waals surface area (Å²) in [4.78, 5) is 13.2. The average Bonchev–Trinajstić information content (AvgIpc) is 2.32. The molecule has 0 radical (unpaired) electrons. The Balaban J connectivity index is 2.74. The number of thiocarbonyl (C=S) groups is 1. The van der Waals surface area contributed by atoms with Gasteiger partial charge in [-0.3, -0.25) is 5.32 Å². The zero-order valence-electron chi connectivity index (χ0n) is 10.9. The fourth-order valence-electron chi connectivity index (χ4n) is 1.49. The Hall–Kier alpha value is -1.62. The van der Waals surface area contributed by atoms with Crippen LogP contribution in [-0.4, -0.2) is 24.4 Å². The third-order valence-corrected chi connectivity index (χ3v) is 2.71. The maximum atomic E-state index is 11.3. The lowest BCUT2D eigenvalue weighted by atomic mass is 10.2. The molecule has 5 heteroatoms. The summed E-state index contributed by atoms with van der Waals surface area (Å²) < 4.78 is 4.80. The highest BCUT2D eigenvalue weighted by Gasteiger charge is 2.13. The lowest BCUT2D eigenvalue weighted by Gasteiger charge is -2.23. The predicted molar refractivity (Wildman–Crippen MR) is 77.0 cm³/mol. The molecule has 18 heavy (non-hydrogen) atoms. The van der Waals surface area contributed by atoms with Gasteiger partial charge < -0.3 is 9.64 Å². The van der Waals surface area contributed by atoms with E-state index in [-0.39, 0.29) is 0 Å². The van der Waals surface area contributed by atoms with Crippen LogP contribution in [0.3, 0.4) is 0 Å². The Bertz CT molecular complexity index is 418. The van der Waals surface area contributed by atoms with Gasteiger partial charge in [0, 0.05) is 12.2 Å². The normalized spacial score (nSPS) is 9.72. The van der Waals surface area contributed by atoms with Crippen LogP contribution in [0, 0.1) is 6.92 Å². The molecular weight excluding hydrogens is 248 g/mol. The number of carbonyl (C=O) groups excluding carboxylic acids is 1. The molecule has 0 fully saturated rings. The second-order valence-corrected chi connectivity index (χ2v) is 4.12. The fourth-order valence-corrected chi connectivity index (χ4v) is 1.81. The molecule has 0 saturated carbocycles. The highest BCUT2D eigenvalue weighted by Crippen LogP contribution is 2.15. The van der Waals surface area contributed by atoms with Crippen molar-refractivity contribution in [2.45, 2.75) is 20.8 Å². The van der Waals surface area contributed by atoms with Crippen LogP contribution in [0.4, 0.5) is 10.5 Å². The predicted octanol–water partition coefficient (Wildman–Crippen LogP) is 2.85. The second-order valence-electron chi connectivity index (χ2n) is 3.73. The molecule has 0 heterocycles. The van der Waals surface area contributed by atoms with Crippen molar-refractivity contribution < 1.29 is 9.53 Å². The zero-order chi connectivity index (χ0) is 13.5. The minimum Gasteiger partial charge on any atom is -0.450 e. The van der Waals surface area contributed by atoms with Crippen LogP contribution in [0.1, 0.15) is 19.4 Å². The first-order valence-corrected chi connectivity index (χ1v) is 6.31. The van der Waals surface area contributed by atoms with Gasteiger partial charge in [-0.25, -0.2) is 4.79 Å². The Morgan fingerprint density at radius 3 is 2.44 bits per heavy atom. The summed E-state index contributed by atoms with van der Waals surface area (Å²) in [7, 11) is 0. The SMILES string of the molecule is CCOC(=O)NC(=S)N(CC)c1ccc(C)cc1. The molecule has 0 atom stereocenters. The van der Waals surface area contributed by atoms with Gasteiger partial charge in [-0.1, -0.05) is 17.7 Å². The van der Waals surface area contributed by atoms with Crippen molar-refractivity contribution >= 4 is 29.1 Å². The maximum absolute atomic E-state index is 11.3. The van der Waals surface area contributed by atoms with Crippen LogP contribution in [0.5, 0.6) is 0 Å².